The van der Waals surface area contributed by atoms with Gasteiger partial charge in [0.1, 0.15) is 5.75 Å². The highest BCUT2D eigenvalue weighted by atomic mass is 35.5. The summed E-state index contributed by atoms with van der Waals surface area (Å²) in [7, 11) is 0. The minimum atomic E-state index is -0.339. The lowest BCUT2D eigenvalue weighted by Gasteiger charge is -2.43. The van der Waals surface area contributed by atoms with Crippen molar-refractivity contribution in [3.05, 3.63) is 29.3 Å². The molecular formula is C24H33ClN2O3. The van der Waals surface area contributed by atoms with Crippen molar-refractivity contribution >= 4 is 23.4 Å². The van der Waals surface area contributed by atoms with Crippen molar-refractivity contribution in [2.45, 2.75) is 57.8 Å². The Morgan fingerprint density at radius 2 is 1.80 bits per heavy atom. The third-order valence-electron chi connectivity index (χ3n) is 6.75. The van der Waals surface area contributed by atoms with Crippen molar-refractivity contribution in [2.75, 3.05) is 32.8 Å². The summed E-state index contributed by atoms with van der Waals surface area (Å²) < 4.78 is 6.15. The molecule has 0 radical (unpaired) electrons. The fourth-order valence-corrected chi connectivity index (χ4v) is 4.98. The summed E-state index contributed by atoms with van der Waals surface area (Å²) in [6.45, 7) is 3.55. The van der Waals surface area contributed by atoms with Crippen LogP contribution in [0.4, 0.5) is 0 Å². The van der Waals surface area contributed by atoms with E-state index in [0.717, 1.165) is 45.3 Å². The minimum absolute atomic E-state index is 0.209. The molecule has 6 heteroatoms. The Morgan fingerprint density at radius 3 is 2.53 bits per heavy atom. The fourth-order valence-electron chi connectivity index (χ4n) is 4.80. The molecule has 2 amide bonds. The van der Waals surface area contributed by atoms with Gasteiger partial charge < -0.3 is 14.5 Å². The number of hydrogen-bond donors (Lipinski definition) is 0. The molecule has 5 nitrogen and oxygen atoms in total. The Hall–Kier alpha value is -1.75. The largest absolute Gasteiger partial charge is 0.493 e. The zero-order valence-electron chi connectivity index (χ0n) is 17.8. The Bertz CT molecular complexity index is 761. The fraction of sp³-hybridized carbons (Fsp3) is 0.667. The van der Waals surface area contributed by atoms with E-state index in [4.69, 9.17) is 16.3 Å². The first-order chi connectivity index (χ1) is 14.5. The number of amides is 2. The molecule has 1 atom stereocenters. The molecule has 0 spiro atoms. The highest BCUT2D eigenvalue weighted by Gasteiger charge is 2.41. The van der Waals surface area contributed by atoms with Gasteiger partial charge in [-0.1, -0.05) is 17.7 Å². The quantitative estimate of drug-likeness (QED) is 0.636. The highest BCUT2D eigenvalue weighted by Crippen LogP contribution is 2.38. The topological polar surface area (TPSA) is 49.9 Å². The van der Waals surface area contributed by atoms with Crippen LogP contribution in [-0.4, -0.2) is 54.4 Å². The Labute approximate surface area is 184 Å². The van der Waals surface area contributed by atoms with E-state index in [-0.39, 0.29) is 17.2 Å². The molecule has 2 saturated heterocycles. The number of piperidine rings is 2. The maximum absolute atomic E-state index is 13.1. The number of ether oxygens (including phenoxy) is 1. The second-order valence-electron chi connectivity index (χ2n) is 9.43. The molecule has 1 saturated carbocycles. The predicted molar refractivity (Wildman–Crippen MR) is 118 cm³/mol. The molecule has 0 N–H and O–H groups in total. The van der Waals surface area contributed by atoms with E-state index in [0.29, 0.717) is 42.7 Å². The molecule has 30 heavy (non-hydrogen) atoms. The number of halogens is 1. The first-order valence-corrected chi connectivity index (χ1v) is 11.8. The van der Waals surface area contributed by atoms with E-state index in [9.17, 15) is 9.59 Å². The number of likely N-dealkylation sites (tertiary alicyclic amines) is 2. The van der Waals surface area contributed by atoms with Gasteiger partial charge in [0, 0.05) is 49.5 Å². The van der Waals surface area contributed by atoms with Crippen molar-refractivity contribution in [1.29, 1.82) is 0 Å². The molecule has 1 aromatic carbocycles. The molecule has 1 unspecified atom stereocenters. The molecule has 0 bridgehead atoms. The molecule has 1 aromatic rings. The number of benzene rings is 1. The first-order valence-electron chi connectivity index (χ1n) is 11.5. The van der Waals surface area contributed by atoms with Crippen molar-refractivity contribution in [3.8, 4) is 5.75 Å². The number of nitrogens with zero attached hydrogens (tertiary/aromatic N) is 2. The molecule has 3 aliphatic rings. The van der Waals surface area contributed by atoms with Crippen LogP contribution in [0.2, 0.25) is 5.02 Å². The van der Waals surface area contributed by atoms with Crippen molar-refractivity contribution in [2.24, 2.45) is 11.3 Å². The van der Waals surface area contributed by atoms with Crippen LogP contribution in [0.5, 0.6) is 5.75 Å². The average Bonchev–Trinajstić information content (AvgIpc) is 3.57. The molecule has 4 rings (SSSR count). The second kappa shape index (κ2) is 9.59. The zero-order valence-corrected chi connectivity index (χ0v) is 18.5. The highest BCUT2D eigenvalue weighted by molar-refractivity contribution is 6.30. The van der Waals surface area contributed by atoms with Gasteiger partial charge in [0.25, 0.3) is 0 Å². The maximum Gasteiger partial charge on any atom is 0.223 e. The van der Waals surface area contributed by atoms with E-state index in [2.05, 4.69) is 0 Å². The van der Waals surface area contributed by atoms with Crippen LogP contribution in [0.25, 0.3) is 0 Å². The van der Waals surface area contributed by atoms with Crippen LogP contribution < -0.4 is 4.74 Å². The van der Waals surface area contributed by atoms with Crippen LogP contribution in [0.3, 0.4) is 0 Å². The van der Waals surface area contributed by atoms with Gasteiger partial charge in [0.05, 0.1) is 6.61 Å². The molecular weight excluding hydrogens is 400 g/mol. The maximum atomic E-state index is 13.1. The van der Waals surface area contributed by atoms with E-state index >= 15 is 0 Å². The molecule has 164 valence electrons. The Balaban J connectivity index is 1.47. The first kappa shape index (κ1) is 21.5. The number of hydrogen-bond acceptors (Lipinski definition) is 3. The summed E-state index contributed by atoms with van der Waals surface area (Å²) in [4.78, 5) is 30.0. The van der Waals surface area contributed by atoms with Gasteiger partial charge in [-0.25, -0.2) is 0 Å². The van der Waals surface area contributed by atoms with E-state index in [1.54, 1.807) is 6.07 Å². The zero-order chi connectivity index (χ0) is 21.0. The van der Waals surface area contributed by atoms with E-state index in [1.807, 2.05) is 28.0 Å². The van der Waals surface area contributed by atoms with Crippen molar-refractivity contribution in [1.82, 2.24) is 9.80 Å². The summed E-state index contributed by atoms with van der Waals surface area (Å²) in [6.07, 6.45) is 8.66. The average molecular weight is 433 g/mol. The summed E-state index contributed by atoms with van der Waals surface area (Å²) >= 11 is 6.11. The van der Waals surface area contributed by atoms with Crippen molar-refractivity contribution in [3.63, 3.8) is 0 Å². The van der Waals surface area contributed by atoms with Gasteiger partial charge in [-0.15, -0.1) is 0 Å². The number of rotatable bonds is 7. The van der Waals surface area contributed by atoms with Gasteiger partial charge in [0.15, 0.2) is 0 Å². The Kier molecular flexibility index (Phi) is 6.87. The van der Waals surface area contributed by atoms with Gasteiger partial charge >= 0.3 is 0 Å². The van der Waals surface area contributed by atoms with Crippen LogP contribution in [0.15, 0.2) is 24.3 Å². The van der Waals surface area contributed by atoms with Gasteiger partial charge in [-0.3, -0.25) is 9.59 Å². The lowest BCUT2D eigenvalue weighted by molar-refractivity contribution is -0.142. The third kappa shape index (κ3) is 5.69. The van der Waals surface area contributed by atoms with Crippen LogP contribution in [-0.2, 0) is 9.59 Å². The lowest BCUT2D eigenvalue weighted by atomic mass is 9.77. The van der Waals surface area contributed by atoms with Gasteiger partial charge in [0.2, 0.25) is 11.8 Å². The normalized spacial score (nSPS) is 24.6. The number of carbonyl (C=O) groups excluding carboxylic acids is 2. The van der Waals surface area contributed by atoms with E-state index < -0.39 is 0 Å². The smallest absolute Gasteiger partial charge is 0.223 e. The molecule has 0 aromatic heterocycles. The molecule has 2 heterocycles. The predicted octanol–water partition coefficient (Wildman–Crippen LogP) is 4.53. The minimum Gasteiger partial charge on any atom is -0.493 e. The summed E-state index contributed by atoms with van der Waals surface area (Å²) in [6, 6.07) is 7.39. The van der Waals surface area contributed by atoms with Gasteiger partial charge in [-0.2, -0.15) is 0 Å². The SMILES string of the molecule is O=C(CC1(COc2cccc(Cl)c2)CCCN(C(=O)CC2CC2)C1)N1CCCCC1. The van der Waals surface area contributed by atoms with Crippen LogP contribution >= 0.6 is 11.6 Å². The Morgan fingerprint density at radius 1 is 1.03 bits per heavy atom. The van der Waals surface area contributed by atoms with E-state index in [1.165, 1.54) is 19.3 Å². The van der Waals surface area contributed by atoms with Gasteiger partial charge in [-0.05, 0) is 69.1 Å². The second-order valence-corrected chi connectivity index (χ2v) is 9.87. The summed E-state index contributed by atoms with van der Waals surface area (Å²) in [5.74, 6) is 1.75. The summed E-state index contributed by atoms with van der Waals surface area (Å²) in [5.41, 5.74) is -0.339. The molecule has 1 aliphatic carbocycles. The molecule has 2 aliphatic heterocycles. The monoisotopic (exact) mass is 432 g/mol. The standard InChI is InChI=1S/C24H33ClN2O3/c25-20-6-4-7-21(15-20)30-18-24(16-23(29)26-11-2-1-3-12-26)10-5-13-27(17-24)22(28)14-19-8-9-19/h4,6-7,15,19H,1-3,5,8-14,16-18H2. The van der Waals surface area contributed by atoms with Crippen molar-refractivity contribution < 1.29 is 14.3 Å². The summed E-state index contributed by atoms with van der Waals surface area (Å²) in [5, 5.41) is 0.635. The third-order valence-corrected chi connectivity index (χ3v) is 6.99. The molecule has 3 fully saturated rings. The van der Waals surface area contributed by atoms with Crippen LogP contribution in [0.1, 0.15) is 57.8 Å². The lowest BCUT2D eigenvalue weighted by Crippen LogP contribution is -2.51. The van der Waals surface area contributed by atoms with Crippen LogP contribution in [0, 0.1) is 11.3 Å². The number of carbonyl (C=O) groups is 2.